The van der Waals surface area contributed by atoms with Crippen molar-refractivity contribution < 1.29 is 5.11 Å². The summed E-state index contributed by atoms with van der Waals surface area (Å²) in [6.07, 6.45) is -0.538. The molecule has 16 heavy (non-hydrogen) atoms. The van der Waals surface area contributed by atoms with E-state index in [2.05, 4.69) is 13.8 Å². The van der Waals surface area contributed by atoms with Gasteiger partial charge in [0.2, 0.25) is 0 Å². The van der Waals surface area contributed by atoms with Gasteiger partial charge in [0.25, 0.3) is 0 Å². The minimum absolute atomic E-state index is 0.0668. The van der Waals surface area contributed by atoms with Crippen LogP contribution < -0.4 is 5.73 Å². The van der Waals surface area contributed by atoms with Crippen molar-refractivity contribution >= 4 is 11.6 Å². The van der Waals surface area contributed by atoms with Gasteiger partial charge in [0.1, 0.15) is 0 Å². The fraction of sp³-hybridized carbons (Fsp3) is 0.538. The van der Waals surface area contributed by atoms with Crippen LogP contribution in [0.5, 0.6) is 0 Å². The standard InChI is InChI=1S/C13H20ClNO/c1-8(2)11(7-15)13(16)10-5-4-6-12(14)9(10)3/h4-6,8,11,13,16H,7,15H2,1-3H3. The molecular weight excluding hydrogens is 222 g/mol. The molecular formula is C13H20ClNO. The number of rotatable bonds is 4. The van der Waals surface area contributed by atoms with E-state index in [4.69, 9.17) is 17.3 Å². The average Bonchev–Trinajstić information content (AvgIpc) is 2.22. The van der Waals surface area contributed by atoms with Crippen molar-refractivity contribution in [3.8, 4) is 0 Å². The van der Waals surface area contributed by atoms with Gasteiger partial charge in [-0.15, -0.1) is 0 Å². The van der Waals surface area contributed by atoms with E-state index in [1.165, 1.54) is 0 Å². The molecule has 0 amide bonds. The third-order valence-electron chi connectivity index (χ3n) is 3.16. The molecule has 0 aliphatic rings. The summed E-state index contributed by atoms with van der Waals surface area (Å²) in [5.41, 5.74) is 7.53. The molecule has 2 nitrogen and oxygen atoms in total. The molecule has 0 saturated carbocycles. The molecule has 0 saturated heterocycles. The number of aliphatic hydroxyl groups is 1. The number of aliphatic hydroxyl groups excluding tert-OH is 1. The Morgan fingerprint density at radius 1 is 1.38 bits per heavy atom. The third-order valence-corrected chi connectivity index (χ3v) is 3.57. The zero-order valence-corrected chi connectivity index (χ0v) is 10.8. The van der Waals surface area contributed by atoms with Crippen LogP contribution in [-0.2, 0) is 0 Å². The molecule has 3 N–H and O–H groups in total. The van der Waals surface area contributed by atoms with E-state index in [9.17, 15) is 5.11 Å². The van der Waals surface area contributed by atoms with Crippen LogP contribution in [0, 0.1) is 18.8 Å². The lowest BCUT2D eigenvalue weighted by atomic mass is 9.85. The molecule has 1 aromatic carbocycles. The lowest BCUT2D eigenvalue weighted by molar-refractivity contribution is 0.0856. The number of hydrogen-bond acceptors (Lipinski definition) is 2. The summed E-state index contributed by atoms with van der Waals surface area (Å²) in [5, 5.41) is 11.0. The Balaban J connectivity index is 3.03. The molecule has 0 heterocycles. The lowest BCUT2D eigenvalue weighted by Gasteiger charge is -2.26. The summed E-state index contributed by atoms with van der Waals surface area (Å²) in [7, 11) is 0. The van der Waals surface area contributed by atoms with E-state index in [1.54, 1.807) is 0 Å². The van der Waals surface area contributed by atoms with E-state index in [0.717, 1.165) is 11.1 Å². The molecule has 1 aromatic rings. The van der Waals surface area contributed by atoms with E-state index in [1.807, 2.05) is 25.1 Å². The number of benzene rings is 1. The molecule has 0 aromatic heterocycles. The first-order chi connectivity index (χ1) is 7.49. The molecule has 3 heteroatoms. The molecule has 0 fully saturated rings. The smallest absolute Gasteiger partial charge is 0.0835 e. The summed E-state index contributed by atoms with van der Waals surface area (Å²) in [4.78, 5) is 0. The molecule has 2 atom stereocenters. The van der Waals surface area contributed by atoms with Crippen molar-refractivity contribution in [2.45, 2.75) is 26.9 Å². The van der Waals surface area contributed by atoms with Gasteiger partial charge in [-0.2, -0.15) is 0 Å². The molecule has 1 rings (SSSR count). The predicted molar refractivity (Wildman–Crippen MR) is 68.5 cm³/mol. The van der Waals surface area contributed by atoms with Crippen LogP contribution in [-0.4, -0.2) is 11.7 Å². The second-order valence-corrected chi connectivity index (χ2v) is 4.95. The Morgan fingerprint density at radius 2 is 2.00 bits per heavy atom. The maximum atomic E-state index is 10.3. The Morgan fingerprint density at radius 3 is 2.50 bits per heavy atom. The summed E-state index contributed by atoms with van der Waals surface area (Å²) in [6, 6.07) is 5.61. The van der Waals surface area contributed by atoms with Crippen LogP contribution in [0.1, 0.15) is 31.1 Å². The Kier molecular flexibility index (Phi) is 4.78. The summed E-state index contributed by atoms with van der Waals surface area (Å²) >= 11 is 6.04. The maximum Gasteiger partial charge on any atom is 0.0835 e. The van der Waals surface area contributed by atoms with E-state index in [-0.39, 0.29) is 5.92 Å². The zero-order chi connectivity index (χ0) is 12.3. The number of nitrogens with two attached hydrogens (primary N) is 1. The SMILES string of the molecule is Cc1c(Cl)cccc1C(O)C(CN)C(C)C. The third kappa shape index (κ3) is 2.76. The summed E-state index contributed by atoms with van der Waals surface area (Å²) < 4.78 is 0. The number of halogens is 1. The first kappa shape index (κ1) is 13.5. The Bertz CT molecular complexity index is 352. The van der Waals surface area contributed by atoms with Crippen LogP contribution in [0.2, 0.25) is 5.02 Å². The molecule has 0 radical (unpaired) electrons. The van der Waals surface area contributed by atoms with Crippen molar-refractivity contribution in [1.29, 1.82) is 0 Å². The van der Waals surface area contributed by atoms with Gasteiger partial charge in [0.15, 0.2) is 0 Å². The highest BCUT2D eigenvalue weighted by atomic mass is 35.5. The van der Waals surface area contributed by atoms with E-state index in [0.29, 0.717) is 17.5 Å². The predicted octanol–water partition coefficient (Wildman–Crippen LogP) is 2.91. The van der Waals surface area contributed by atoms with Crippen molar-refractivity contribution in [2.24, 2.45) is 17.6 Å². The molecule has 2 unspecified atom stereocenters. The highest BCUT2D eigenvalue weighted by Gasteiger charge is 2.24. The molecule has 0 spiro atoms. The summed E-state index contributed by atoms with van der Waals surface area (Å²) in [6.45, 7) is 6.54. The largest absolute Gasteiger partial charge is 0.388 e. The minimum Gasteiger partial charge on any atom is -0.388 e. The number of hydrogen-bond donors (Lipinski definition) is 2. The van der Waals surface area contributed by atoms with Crippen LogP contribution in [0.15, 0.2) is 18.2 Å². The molecule has 0 bridgehead atoms. The average molecular weight is 242 g/mol. The monoisotopic (exact) mass is 241 g/mol. The highest BCUT2D eigenvalue weighted by Crippen LogP contribution is 2.31. The van der Waals surface area contributed by atoms with Crippen molar-refractivity contribution in [2.75, 3.05) is 6.54 Å². The van der Waals surface area contributed by atoms with Crippen molar-refractivity contribution in [1.82, 2.24) is 0 Å². The van der Waals surface area contributed by atoms with Crippen molar-refractivity contribution in [3.05, 3.63) is 34.3 Å². The Labute approximate surface area is 102 Å². The second-order valence-electron chi connectivity index (χ2n) is 4.54. The first-order valence-corrected chi connectivity index (χ1v) is 6.00. The van der Waals surface area contributed by atoms with Gasteiger partial charge in [-0.05, 0) is 36.6 Å². The zero-order valence-electron chi connectivity index (χ0n) is 10.1. The maximum absolute atomic E-state index is 10.3. The van der Waals surface area contributed by atoms with Gasteiger partial charge >= 0.3 is 0 Å². The van der Waals surface area contributed by atoms with Crippen LogP contribution in [0.4, 0.5) is 0 Å². The minimum atomic E-state index is -0.538. The molecule has 0 aliphatic carbocycles. The van der Waals surface area contributed by atoms with Gasteiger partial charge in [-0.1, -0.05) is 37.6 Å². The van der Waals surface area contributed by atoms with Gasteiger partial charge < -0.3 is 10.8 Å². The van der Waals surface area contributed by atoms with Gasteiger partial charge in [0, 0.05) is 10.9 Å². The normalized spacial score (nSPS) is 15.2. The van der Waals surface area contributed by atoms with Crippen LogP contribution in [0.3, 0.4) is 0 Å². The fourth-order valence-electron chi connectivity index (χ4n) is 1.94. The van der Waals surface area contributed by atoms with Gasteiger partial charge in [0.05, 0.1) is 6.10 Å². The lowest BCUT2D eigenvalue weighted by Crippen LogP contribution is -2.27. The van der Waals surface area contributed by atoms with E-state index >= 15 is 0 Å². The quantitative estimate of drug-likeness (QED) is 0.852. The Hall–Kier alpha value is -0.570. The highest BCUT2D eigenvalue weighted by molar-refractivity contribution is 6.31. The van der Waals surface area contributed by atoms with E-state index < -0.39 is 6.10 Å². The molecule has 90 valence electrons. The fourth-order valence-corrected chi connectivity index (χ4v) is 2.12. The molecule has 0 aliphatic heterocycles. The first-order valence-electron chi connectivity index (χ1n) is 5.62. The topological polar surface area (TPSA) is 46.2 Å². The van der Waals surface area contributed by atoms with Crippen molar-refractivity contribution in [3.63, 3.8) is 0 Å². The second kappa shape index (κ2) is 5.67. The van der Waals surface area contributed by atoms with Crippen LogP contribution >= 0.6 is 11.6 Å². The van der Waals surface area contributed by atoms with Crippen LogP contribution in [0.25, 0.3) is 0 Å². The van der Waals surface area contributed by atoms with Gasteiger partial charge in [-0.3, -0.25) is 0 Å². The summed E-state index contributed by atoms with van der Waals surface area (Å²) in [5.74, 6) is 0.413. The van der Waals surface area contributed by atoms with Gasteiger partial charge in [-0.25, -0.2) is 0 Å².